The molecule has 0 aliphatic rings. The van der Waals surface area contributed by atoms with Crippen molar-refractivity contribution in [1.82, 2.24) is 0 Å². The Balaban J connectivity index is 2.19. The normalized spacial score (nSPS) is 10.2. The lowest BCUT2D eigenvalue weighted by Gasteiger charge is -2.12. The Hall–Kier alpha value is -2.34. The van der Waals surface area contributed by atoms with Gasteiger partial charge in [-0.25, -0.2) is 4.79 Å². The Morgan fingerprint density at radius 2 is 2.00 bits per heavy atom. The van der Waals surface area contributed by atoms with Gasteiger partial charge in [-0.2, -0.15) is 0 Å². The molecule has 2 rings (SSSR count). The molecule has 0 aliphatic heterocycles. The number of carbonyl (C=O) groups is 2. The van der Waals surface area contributed by atoms with E-state index >= 15 is 0 Å². The number of benzene rings is 2. The second-order valence-corrected chi connectivity index (χ2v) is 6.09. The molecule has 0 N–H and O–H groups in total. The maximum absolute atomic E-state index is 12.4. The fraction of sp³-hybridized carbons (Fsp3) is 0.263. The zero-order valence-corrected chi connectivity index (χ0v) is 15.7. The van der Waals surface area contributed by atoms with Crippen LogP contribution in [-0.2, 0) is 0 Å². The molecule has 0 heterocycles. The lowest BCUT2D eigenvalue weighted by atomic mass is 10.2. The van der Waals surface area contributed by atoms with E-state index in [2.05, 4.69) is 22.9 Å². The number of methoxy groups -OCH3 is 1. The van der Waals surface area contributed by atoms with E-state index in [9.17, 15) is 9.59 Å². The zero-order chi connectivity index (χ0) is 18.2. The number of hydrogen-bond donors (Lipinski definition) is 0. The molecule has 2 aromatic rings. The highest BCUT2D eigenvalue weighted by Gasteiger charge is 2.17. The highest BCUT2D eigenvalue weighted by molar-refractivity contribution is 9.10. The fourth-order valence-electron chi connectivity index (χ4n) is 2.12. The van der Waals surface area contributed by atoms with Crippen LogP contribution in [0.5, 0.6) is 17.2 Å². The molecule has 0 aliphatic carbocycles. The highest BCUT2D eigenvalue weighted by Crippen LogP contribution is 2.32. The number of rotatable bonds is 8. The van der Waals surface area contributed by atoms with Crippen molar-refractivity contribution in [3.8, 4) is 17.2 Å². The molecule has 6 heteroatoms. The van der Waals surface area contributed by atoms with Crippen LogP contribution < -0.4 is 14.2 Å². The van der Waals surface area contributed by atoms with Crippen LogP contribution in [0.15, 0.2) is 40.9 Å². The molecular formula is C19H19BrO5. The third-order valence-corrected chi connectivity index (χ3v) is 4.09. The minimum Gasteiger partial charge on any atom is -0.493 e. The lowest BCUT2D eigenvalue weighted by Crippen LogP contribution is -2.11. The summed E-state index contributed by atoms with van der Waals surface area (Å²) in [7, 11) is 1.44. The van der Waals surface area contributed by atoms with Crippen LogP contribution in [0.3, 0.4) is 0 Å². The van der Waals surface area contributed by atoms with Gasteiger partial charge in [0.05, 0.1) is 29.3 Å². The summed E-state index contributed by atoms with van der Waals surface area (Å²) in [6, 6.07) is 9.77. The maximum Gasteiger partial charge on any atom is 0.343 e. The number of ether oxygens (including phenoxy) is 3. The molecule has 2 aromatic carbocycles. The van der Waals surface area contributed by atoms with Crippen LogP contribution >= 0.6 is 15.9 Å². The Morgan fingerprint density at radius 1 is 1.20 bits per heavy atom. The second kappa shape index (κ2) is 9.22. The Labute approximate surface area is 155 Å². The smallest absolute Gasteiger partial charge is 0.343 e. The van der Waals surface area contributed by atoms with Gasteiger partial charge in [-0.3, -0.25) is 4.79 Å². The number of unbranched alkanes of at least 4 members (excludes halogenated alkanes) is 1. The standard InChI is InChI=1S/C19H19BrO5/c1-3-4-10-24-16-9-8-13(11-15(16)20)19(22)25-18-14(12-21)6-5-7-17(18)23-2/h5-9,11-12H,3-4,10H2,1-2H3. The first kappa shape index (κ1) is 19.0. The average Bonchev–Trinajstić information content (AvgIpc) is 2.63. The molecule has 0 bridgehead atoms. The molecule has 0 amide bonds. The monoisotopic (exact) mass is 406 g/mol. The van der Waals surface area contributed by atoms with Crippen molar-refractivity contribution in [1.29, 1.82) is 0 Å². The van der Waals surface area contributed by atoms with Gasteiger partial charge < -0.3 is 14.2 Å². The molecule has 0 radical (unpaired) electrons. The van der Waals surface area contributed by atoms with Crippen molar-refractivity contribution in [3.63, 3.8) is 0 Å². The lowest BCUT2D eigenvalue weighted by molar-refractivity contribution is 0.0728. The van der Waals surface area contributed by atoms with Gasteiger partial charge in [0, 0.05) is 0 Å². The van der Waals surface area contributed by atoms with Gasteiger partial charge in [-0.1, -0.05) is 19.4 Å². The van der Waals surface area contributed by atoms with Crippen LogP contribution in [0, 0.1) is 0 Å². The molecular weight excluding hydrogens is 388 g/mol. The molecule has 5 nitrogen and oxygen atoms in total. The molecule has 25 heavy (non-hydrogen) atoms. The van der Waals surface area contributed by atoms with E-state index in [1.54, 1.807) is 36.4 Å². The van der Waals surface area contributed by atoms with Gasteiger partial charge in [-0.15, -0.1) is 0 Å². The summed E-state index contributed by atoms with van der Waals surface area (Å²) in [5.41, 5.74) is 0.573. The molecule has 132 valence electrons. The topological polar surface area (TPSA) is 61.8 Å². The summed E-state index contributed by atoms with van der Waals surface area (Å²) < 4.78 is 16.8. The Bertz CT molecular complexity index is 757. The van der Waals surface area contributed by atoms with E-state index in [1.165, 1.54) is 7.11 Å². The number of aldehydes is 1. The molecule has 0 aromatic heterocycles. The minimum absolute atomic E-state index is 0.101. The van der Waals surface area contributed by atoms with Crippen molar-refractivity contribution >= 4 is 28.2 Å². The summed E-state index contributed by atoms with van der Waals surface area (Å²) in [5, 5.41) is 0. The molecule has 0 saturated carbocycles. The summed E-state index contributed by atoms with van der Waals surface area (Å²) in [6.45, 7) is 2.70. The van der Waals surface area contributed by atoms with Gasteiger partial charge in [0.1, 0.15) is 5.75 Å². The zero-order valence-electron chi connectivity index (χ0n) is 14.1. The number of hydrogen-bond acceptors (Lipinski definition) is 5. The van der Waals surface area contributed by atoms with E-state index < -0.39 is 5.97 Å². The van der Waals surface area contributed by atoms with Crippen molar-refractivity contribution in [2.75, 3.05) is 13.7 Å². The predicted octanol–water partition coefficient (Wildman–Crippen LogP) is 4.67. The van der Waals surface area contributed by atoms with E-state index in [0.29, 0.717) is 34.4 Å². The van der Waals surface area contributed by atoms with Crippen molar-refractivity contribution < 1.29 is 23.8 Å². The Morgan fingerprint density at radius 3 is 2.64 bits per heavy atom. The van der Waals surface area contributed by atoms with E-state index in [1.807, 2.05) is 0 Å². The first-order valence-electron chi connectivity index (χ1n) is 7.87. The second-order valence-electron chi connectivity index (χ2n) is 5.23. The van der Waals surface area contributed by atoms with E-state index in [-0.39, 0.29) is 11.3 Å². The van der Waals surface area contributed by atoms with E-state index in [4.69, 9.17) is 14.2 Å². The van der Waals surface area contributed by atoms with Crippen LogP contribution in [-0.4, -0.2) is 26.0 Å². The van der Waals surface area contributed by atoms with Crippen molar-refractivity contribution in [2.45, 2.75) is 19.8 Å². The first-order chi connectivity index (χ1) is 12.1. The van der Waals surface area contributed by atoms with Gasteiger partial charge in [0.2, 0.25) is 0 Å². The SMILES string of the molecule is CCCCOc1ccc(C(=O)Oc2c(C=O)cccc2OC)cc1Br. The number of esters is 1. The predicted molar refractivity (Wildman–Crippen MR) is 97.9 cm³/mol. The third kappa shape index (κ3) is 4.82. The molecule has 0 spiro atoms. The number of carbonyl (C=O) groups excluding carboxylic acids is 2. The molecule has 0 fully saturated rings. The van der Waals surface area contributed by atoms with Gasteiger partial charge in [0.15, 0.2) is 17.8 Å². The van der Waals surface area contributed by atoms with Gasteiger partial charge >= 0.3 is 5.97 Å². The van der Waals surface area contributed by atoms with Gasteiger partial charge in [-0.05, 0) is 52.7 Å². The summed E-state index contributed by atoms with van der Waals surface area (Å²) in [4.78, 5) is 23.6. The van der Waals surface area contributed by atoms with Crippen LogP contribution in [0.25, 0.3) is 0 Å². The summed E-state index contributed by atoms with van der Waals surface area (Å²) >= 11 is 3.40. The fourth-order valence-corrected chi connectivity index (χ4v) is 2.61. The third-order valence-electron chi connectivity index (χ3n) is 3.47. The highest BCUT2D eigenvalue weighted by atomic mass is 79.9. The van der Waals surface area contributed by atoms with Crippen molar-refractivity contribution in [3.05, 3.63) is 52.0 Å². The first-order valence-corrected chi connectivity index (χ1v) is 8.66. The Kier molecular flexibility index (Phi) is 7.01. The van der Waals surface area contributed by atoms with Crippen LogP contribution in [0.4, 0.5) is 0 Å². The van der Waals surface area contributed by atoms with Crippen LogP contribution in [0.2, 0.25) is 0 Å². The minimum atomic E-state index is -0.589. The van der Waals surface area contributed by atoms with Crippen LogP contribution in [0.1, 0.15) is 40.5 Å². The van der Waals surface area contributed by atoms with Gasteiger partial charge in [0.25, 0.3) is 0 Å². The average molecular weight is 407 g/mol. The largest absolute Gasteiger partial charge is 0.493 e. The maximum atomic E-state index is 12.4. The number of para-hydroxylation sites is 1. The molecule has 0 saturated heterocycles. The summed E-state index contributed by atoms with van der Waals surface area (Å²) in [5.74, 6) is 0.491. The summed E-state index contributed by atoms with van der Waals surface area (Å²) in [6.07, 6.45) is 2.62. The van der Waals surface area contributed by atoms with E-state index in [0.717, 1.165) is 12.8 Å². The molecule has 0 unspecified atom stereocenters. The number of halogens is 1. The molecule has 0 atom stereocenters. The van der Waals surface area contributed by atoms with Crippen molar-refractivity contribution in [2.24, 2.45) is 0 Å². The quantitative estimate of drug-likeness (QED) is 0.276.